The zero-order valence-corrected chi connectivity index (χ0v) is 16.0. The average molecular weight is 374 g/mol. The molecule has 1 aromatic rings. The van der Waals surface area contributed by atoms with Crippen LogP contribution in [0.2, 0.25) is 0 Å². The molecule has 8 heteroatoms. The van der Waals surface area contributed by atoms with Gasteiger partial charge in [-0.2, -0.15) is 5.10 Å². The van der Waals surface area contributed by atoms with E-state index in [1.54, 1.807) is 0 Å². The Morgan fingerprint density at radius 2 is 1.78 bits per heavy atom. The van der Waals surface area contributed by atoms with Crippen molar-refractivity contribution in [1.82, 2.24) is 29.8 Å². The van der Waals surface area contributed by atoms with E-state index in [9.17, 15) is 9.59 Å². The van der Waals surface area contributed by atoms with Crippen LogP contribution in [0, 0.1) is 0 Å². The molecule has 27 heavy (non-hydrogen) atoms. The number of nitrogens with zero attached hydrogens (tertiary/aromatic N) is 5. The molecule has 0 spiro atoms. The fourth-order valence-electron chi connectivity index (χ4n) is 4.27. The van der Waals surface area contributed by atoms with E-state index >= 15 is 0 Å². The highest BCUT2D eigenvalue weighted by Crippen LogP contribution is 2.17. The number of carbonyl (C=O) groups excluding carboxylic acids is 2. The van der Waals surface area contributed by atoms with E-state index in [1.165, 1.54) is 12.8 Å². The number of amides is 2. The Bertz CT molecular complexity index is 655. The summed E-state index contributed by atoms with van der Waals surface area (Å²) in [7, 11) is 0. The number of aromatic nitrogens is 2. The van der Waals surface area contributed by atoms with Crippen LogP contribution in [0.4, 0.5) is 0 Å². The van der Waals surface area contributed by atoms with Gasteiger partial charge in [-0.05, 0) is 51.4 Å². The van der Waals surface area contributed by atoms with Crippen molar-refractivity contribution in [3.05, 3.63) is 18.0 Å². The number of piperidine rings is 1. The molecule has 0 aliphatic carbocycles. The summed E-state index contributed by atoms with van der Waals surface area (Å²) in [6.07, 6.45) is 6.54. The second-order valence-corrected chi connectivity index (χ2v) is 7.84. The van der Waals surface area contributed by atoms with Crippen LogP contribution >= 0.6 is 0 Å². The van der Waals surface area contributed by atoms with Crippen molar-refractivity contribution in [3.8, 4) is 0 Å². The van der Waals surface area contributed by atoms with Crippen molar-refractivity contribution in [2.45, 2.75) is 31.7 Å². The fraction of sp³-hybridized carbons (Fsp3) is 0.737. The average Bonchev–Trinajstić information content (AvgIpc) is 3.40. The Kier molecular flexibility index (Phi) is 5.73. The summed E-state index contributed by atoms with van der Waals surface area (Å²) in [6.45, 7) is 6.96. The summed E-state index contributed by atoms with van der Waals surface area (Å²) in [5.74, 6) is 0.169. The van der Waals surface area contributed by atoms with Gasteiger partial charge in [0, 0.05) is 38.9 Å². The number of rotatable bonds is 4. The lowest BCUT2D eigenvalue weighted by Crippen LogP contribution is -2.52. The molecule has 0 saturated carbocycles. The van der Waals surface area contributed by atoms with Gasteiger partial charge in [0.1, 0.15) is 5.69 Å². The van der Waals surface area contributed by atoms with Crippen molar-refractivity contribution in [2.24, 2.45) is 0 Å². The minimum atomic E-state index is -0.0239. The quantitative estimate of drug-likeness (QED) is 0.814. The number of hydrogen-bond donors (Lipinski definition) is 1. The minimum absolute atomic E-state index is 0.0239. The van der Waals surface area contributed by atoms with E-state index in [1.807, 2.05) is 26.7 Å². The first kappa shape index (κ1) is 18.4. The molecular weight excluding hydrogens is 344 g/mol. The zero-order chi connectivity index (χ0) is 18.6. The first-order valence-electron chi connectivity index (χ1n) is 10.3. The predicted octanol–water partition coefficient (Wildman–Crippen LogP) is 0.188. The highest BCUT2D eigenvalue weighted by molar-refractivity contribution is 5.92. The molecule has 0 radical (unpaired) electrons. The van der Waals surface area contributed by atoms with Crippen molar-refractivity contribution < 1.29 is 9.59 Å². The van der Waals surface area contributed by atoms with Crippen molar-refractivity contribution in [2.75, 3.05) is 58.9 Å². The largest absolute Gasteiger partial charge is 0.338 e. The molecule has 4 rings (SSSR count). The molecule has 2 amide bonds. The van der Waals surface area contributed by atoms with E-state index in [0.717, 1.165) is 39.0 Å². The Morgan fingerprint density at radius 3 is 2.48 bits per heavy atom. The molecule has 0 aromatic carbocycles. The van der Waals surface area contributed by atoms with Crippen LogP contribution in [-0.4, -0.2) is 95.2 Å². The normalized spacial score (nSPS) is 24.4. The second-order valence-electron chi connectivity index (χ2n) is 7.84. The summed E-state index contributed by atoms with van der Waals surface area (Å²) in [4.78, 5) is 31.2. The molecule has 148 valence electrons. The smallest absolute Gasteiger partial charge is 0.274 e. The fourth-order valence-corrected chi connectivity index (χ4v) is 4.27. The Balaban J connectivity index is 1.28. The summed E-state index contributed by atoms with van der Waals surface area (Å²) in [5.41, 5.74) is 0.511. The molecule has 3 aliphatic heterocycles. The number of hydrogen-bond acceptors (Lipinski definition) is 5. The Labute approximate surface area is 160 Å². The van der Waals surface area contributed by atoms with Gasteiger partial charge in [0.05, 0.1) is 12.6 Å². The first-order chi connectivity index (χ1) is 13.2. The highest BCUT2D eigenvalue weighted by atomic mass is 16.2. The van der Waals surface area contributed by atoms with Gasteiger partial charge in [-0.3, -0.25) is 19.2 Å². The van der Waals surface area contributed by atoms with Crippen LogP contribution in [0.1, 0.15) is 42.2 Å². The summed E-state index contributed by atoms with van der Waals surface area (Å²) < 4.78 is 1.93. The van der Waals surface area contributed by atoms with Crippen molar-refractivity contribution in [1.29, 1.82) is 0 Å². The van der Waals surface area contributed by atoms with Gasteiger partial charge in [0.25, 0.3) is 5.91 Å². The summed E-state index contributed by atoms with van der Waals surface area (Å²) >= 11 is 0. The van der Waals surface area contributed by atoms with Crippen LogP contribution in [0.5, 0.6) is 0 Å². The van der Waals surface area contributed by atoms with Gasteiger partial charge in [-0.25, -0.2) is 0 Å². The lowest BCUT2D eigenvalue weighted by atomic mass is 10.1. The lowest BCUT2D eigenvalue weighted by Gasteiger charge is -2.35. The molecule has 3 saturated heterocycles. The standard InChI is InChI=1S/C19H30N6O2/c26-18(15-22-7-1-2-8-22)23-10-12-24(13-11-23)19(27)17-5-9-25(21-17)16-4-3-6-20-14-16/h5,9,16,20H,1-4,6-8,10-15H2. The van der Waals surface area contributed by atoms with Gasteiger partial charge in [0.2, 0.25) is 5.91 Å². The number of nitrogens with one attached hydrogen (secondary N) is 1. The highest BCUT2D eigenvalue weighted by Gasteiger charge is 2.27. The predicted molar refractivity (Wildman–Crippen MR) is 102 cm³/mol. The second kappa shape index (κ2) is 8.39. The van der Waals surface area contributed by atoms with E-state index in [2.05, 4.69) is 15.3 Å². The molecule has 1 unspecified atom stereocenters. The van der Waals surface area contributed by atoms with E-state index in [4.69, 9.17) is 0 Å². The van der Waals surface area contributed by atoms with Gasteiger partial charge in [0.15, 0.2) is 0 Å². The topological polar surface area (TPSA) is 73.7 Å². The molecule has 1 N–H and O–H groups in total. The third-order valence-corrected chi connectivity index (χ3v) is 5.95. The first-order valence-corrected chi connectivity index (χ1v) is 10.3. The molecule has 4 heterocycles. The lowest BCUT2D eigenvalue weighted by molar-refractivity contribution is -0.133. The van der Waals surface area contributed by atoms with Crippen molar-refractivity contribution in [3.63, 3.8) is 0 Å². The maximum Gasteiger partial charge on any atom is 0.274 e. The molecule has 3 fully saturated rings. The SMILES string of the molecule is O=C(CN1CCCC1)N1CCN(C(=O)c2ccn(C3CCCNC3)n2)CC1. The van der Waals surface area contributed by atoms with Crippen LogP contribution < -0.4 is 5.32 Å². The minimum Gasteiger partial charge on any atom is -0.338 e. The molecule has 1 aromatic heterocycles. The molecule has 8 nitrogen and oxygen atoms in total. The molecule has 3 aliphatic rings. The van der Waals surface area contributed by atoms with Gasteiger partial charge in [-0.1, -0.05) is 0 Å². The van der Waals surface area contributed by atoms with E-state index < -0.39 is 0 Å². The van der Waals surface area contributed by atoms with Gasteiger partial charge < -0.3 is 15.1 Å². The summed E-state index contributed by atoms with van der Waals surface area (Å²) in [6, 6.07) is 2.15. The van der Waals surface area contributed by atoms with Crippen LogP contribution in [-0.2, 0) is 4.79 Å². The number of carbonyl (C=O) groups is 2. The number of piperazine rings is 1. The third-order valence-electron chi connectivity index (χ3n) is 5.95. The monoisotopic (exact) mass is 374 g/mol. The van der Waals surface area contributed by atoms with Gasteiger partial charge >= 0.3 is 0 Å². The van der Waals surface area contributed by atoms with E-state index in [0.29, 0.717) is 44.5 Å². The zero-order valence-electron chi connectivity index (χ0n) is 16.0. The third kappa shape index (κ3) is 4.32. The van der Waals surface area contributed by atoms with Crippen molar-refractivity contribution >= 4 is 11.8 Å². The summed E-state index contributed by atoms with van der Waals surface area (Å²) in [5, 5.41) is 7.91. The van der Waals surface area contributed by atoms with E-state index in [-0.39, 0.29) is 11.8 Å². The molecular formula is C19H30N6O2. The molecule has 0 bridgehead atoms. The maximum absolute atomic E-state index is 12.8. The Morgan fingerprint density at radius 1 is 1.04 bits per heavy atom. The van der Waals surface area contributed by atoms with Crippen LogP contribution in [0.25, 0.3) is 0 Å². The Hall–Kier alpha value is -1.93. The number of likely N-dealkylation sites (tertiary alicyclic amines) is 1. The van der Waals surface area contributed by atoms with Crippen LogP contribution in [0.15, 0.2) is 12.3 Å². The molecule has 1 atom stereocenters. The van der Waals surface area contributed by atoms with Crippen LogP contribution in [0.3, 0.4) is 0 Å². The maximum atomic E-state index is 12.8. The van der Waals surface area contributed by atoms with Gasteiger partial charge in [-0.15, -0.1) is 0 Å².